The smallest absolute Gasteiger partial charge is 0.251 e. The standard InChI is InChI=1S/C16H24ClNO/c1-5-12-8-6-7-9-13(12)15(19)18-14(10-11-17)16(2,3)4/h6-9,14H,5,10-11H2,1-4H3,(H,18,19). The van der Waals surface area contributed by atoms with Gasteiger partial charge in [0, 0.05) is 17.5 Å². The number of carbonyl (C=O) groups excluding carboxylic acids is 1. The number of benzene rings is 1. The number of hydrogen-bond donors (Lipinski definition) is 1. The second-order valence-corrected chi connectivity index (χ2v) is 6.26. The molecule has 0 spiro atoms. The maximum atomic E-state index is 12.4. The highest BCUT2D eigenvalue weighted by Gasteiger charge is 2.26. The van der Waals surface area contributed by atoms with E-state index in [4.69, 9.17) is 11.6 Å². The van der Waals surface area contributed by atoms with Crippen molar-refractivity contribution in [1.82, 2.24) is 5.32 Å². The highest BCUT2D eigenvalue weighted by atomic mass is 35.5. The molecular weight excluding hydrogens is 258 g/mol. The second kappa shape index (κ2) is 6.95. The van der Waals surface area contributed by atoms with Gasteiger partial charge < -0.3 is 5.32 Å². The lowest BCUT2D eigenvalue weighted by molar-refractivity contribution is 0.0899. The summed E-state index contributed by atoms with van der Waals surface area (Å²) >= 11 is 5.84. The molecule has 0 heterocycles. The van der Waals surface area contributed by atoms with E-state index >= 15 is 0 Å². The lowest BCUT2D eigenvalue weighted by Gasteiger charge is -2.31. The van der Waals surface area contributed by atoms with Crippen molar-refractivity contribution in [3.63, 3.8) is 0 Å². The molecule has 2 nitrogen and oxygen atoms in total. The Morgan fingerprint density at radius 2 is 1.95 bits per heavy atom. The largest absolute Gasteiger partial charge is 0.349 e. The number of aryl methyl sites for hydroxylation is 1. The van der Waals surface area contributed by atoms with Gasteiger partial charge in [0.1, 0.15) is 0 Å². The van der Waals surface area contributed by atoms with Crippen LogP contribution >= 0.6 is 11.6 Å². The number of rotatable bonds is 5. The molecule has 19 heavy (non-hydrogen) atoms. The first-order valence-corrected chi connectivity index (χ1v) is 7.38. The molecule has 0 aliphatic rings. The third-order valence-electron chi connectivity index (χ3n) is 3.39. The van der Waals surface area contributed by atoms with Gasteiger partial charge in [-0.05, 0) is 29.9 Å². The highest BCUT2D eigenvalue weighted by Crippen LogP contribution is 2.23. The van der Waals surface area contributed by atoms with Gasteiger partial charge in [0.2, 0.25) is 0 Å². The van der Waals surface area contributed by atoms with Gasteiger partial charge in [0.25, 0.3) is 5.91 Å². The minimum absolute atomic E-state index is 0.00231. The molecule has 1 unspecified atom stereocenters. The van der Waals surface area contributed by atoms with Crippen molar-refractivity contribution in [2.45, 2.75) is 46.6 Å². The van der Waals surface area contributed by atoms with E-state index in [2.05, 4.69) is 33.0 Å². The molecule has 0 aromatic heterocycles. The van der Waals surface area contributed by atoms with Crippen molar-refractivity contribution in [2.75, 3.05) is 5.88 Å². The van der Waals surface area contributed by atoms with Gasteiger partial charge in [-0.15, -0.1) is 11.6 Å². The molecule has 3 heteroatoms. The van der Waals surface area contributed by atoms with Crippen LogP contribution in [0.15, 0.2) is 24.3 Å². The summed E-state index contributed by atoms with van der Waals surface area (Å²) in [6.07, 6.45) is 1.64. The molecule has 0 bridgehead atoms. The predicted octanol–water partition coefficient (Wildman–Crippen LogP) is 4.02. The summed E-state index contributed by atoms with van der Waals surface area (Å²) in [5, 5.41) is 3.13. The summed E-state index contributed by atoms with van der Waals surface area (Å²) in [5.74, 6) is 0.556. The molecule has 0 aliphatic carbocycles. The van der Waals surface area contributed by atoms with Crippen LogP contribution in [0.1, 0.15) is 50.0 Å². The van der Waals surface area contributed by atoms with Crippen LogP contribution in [0.2, 0.25) is 0 Å². The van der Waals surface area contributed by atoms with E-state index in [0.717, 1.165) is 24.0 Å². The molecule has 106 valence electrons. The third kappa shape index (κ3) is 4.54. The molecule has 0 fully saturated rings. The van der Waals surface area contributed by atoms with Crippen LogP contribution in [0.25, 0.3) is 0 Å². The zero-order valence-corrected chi connectivity index (χ0v) is 13.1. The van der Waals surface area contributed by atoms with E-state index in [0.29, 0.717) is 5.88 Å². The Balaban J connectivity index is 2.88. The Morgan fingerprint density at radius 1 is 1.32 bits per heavy atom. The van der Waals surface area contributed by atoms with Crippen molar-refractivity contribution < 1.29 is 4.79 Å². The average Bonchev–Trinajstić information content (AvgIpc) is 2.37. The van der Waals surface area contributed by atoms with Crippen LogP contribution in [0.4, 0.5) is 0 Å². The number of nitrogens with one attached hydrogen (secondary N) is 1. The van der Waals surface area contributed by atoms with Crippen molar-refractivity contribution in [3.8, 4) is 0 Å². The van der Waals surface area contributed by atoms with E-state index < -0.39 is 0 Å². The first kappa shape index (κ1) is 16.0. The van der Waals surface area contributed by atoms with Crippen LogP contribution in [0, 0.1) is 5.41 Å². The van der Waals surface area contributed by atoms with Crippen molar-refractivity contribution in [3.05, 3.63) is 35.4 Å². The van der Waals surface area contributed by atoms with Gasteiger partial charge in [0.05, 0.1) is 0 Å². The maximum Gasteiger partial charge on any atom is 0.251 e. The number of carbonyl (C=O) groups is 1. The average molecular weight is 282 g/mol. The Morgan fingerprint density at radius 3 is 2.47 bits per heavy atom. The number of amides is 1. The molecule has 1 N–H and O–H groups in total. The van der Waals surface area contributed by atoms with Gasteiger partial charge in [-0.1, -0.05) is 45.9 Å². The van der Waals surface area contributed by atoms with E-state index in [-0.39, 0.29) is 17.4 Å². The van der Waals surface area contributed by atoms with Gasteiger partial charge in [-0.3, -0.25) is 4.79 Å². The van der Waals surface area contributed by atoms with Gasteiger partial charge in [0.15, 0.2) is 0 Å². The first-order valence-electron chi connectivity index (χ1n) is 6.84. The lowest BCUT2D eigenvalue weighted by atomic mass is 9.85. The SMILES string of the molecule is CCc1ccccc1C(=O)NC(CCCl)C(C)(C)C. The Kier molecular flexibility index (Phi) is 5.86. The van der Waals surface area contributed by atoms with E-state index in [9.17, 15) is 4.79 Å². The normalized spacial score (nSPS) is 13.1. The minimum Gasteiger partial charge on any atom is -0.349 e. The summed E-state index contributed by atoms with van der Waals surface area (Å²) in [6, 6.07) is 7.84. The van der Waals surface area contributed by atoms with Gasteiger partial charge >= 0.3 is 0 Å². The molecule has 1 amide bonds. The molecule has 0 saturated heterocycles. The molecule has 0 radical (unpaired) electrons. The summed E-state index contributed by atoms with van der Waals surface area (Å²) in [6.45, 7) is 8.43. The van der Waals surface area contributed by atoms with Crippen molar-refractivity contribution in [1.29, 1.82) is 0 Å². The molecule has 1 rings (SSSR count). The maximum absolute atomic E-state index is 12.4. The summed E-state index contributed by atoms with van der Waals surface area (Å²) in [5.41, 5.74) is 1.86. The first-order chi connectivity index (χ1) is 8.90. The molecule has 1 atom stereocenters. The molecule has 0 aliphatic heterocycles. The van der Waals surface area contributed by atoms with Gasteiger partial charge in [-0.2, -0.15) is 0 Å². The zero-order valence-electron chi connectivity index (χ0n) is 12.3. The Hall–Kier alpha value is -1.02. The third-order valence-corrected chi connectivity index (χ3v) is 3.61. The second-order valence-electron chi connectivity index (χ2n) is 5.88. The fourth-order valence-electron chi connectivity index (χ4n) is 2.12. The number of hydrogen-bond acceptors (Lipinski definition) is 1. The highest BCUT2D eigenvalue weighted by molar-refractivity contribution is 6.17. The molecule has 0 saturated carbocycles. The Labute approximate surface area is 121 Å². The molecule has 1 aromatic rings. The Bertz CT molecular complexity index is 423. The monoisotopic (exact) mass is 281 g/mol. The number of alkyl halides is 1. The van der Waals surface area contributed by atoms with Gasteiger partial charge in [-0.25, -0.2) is 0 Å². The topological polar surface area (TPSA) is 29.1 Å². The predicted molar refractivity (Wildman–Crippen MR) is 81.9 cm³/mol. The molecule has 1 aromatic carbocycles. The summed E-state index contributed by atoms with van der Waals surface area (Å²) in [7, 11) is 0. The van der Waals surface area contributed by atoms with E-state index in [1.807, 2.05) is 24.3 Å². The van der Waals surface area contributed by atoms with Crippen LogP contribution in [0.3, 0.4) is 0 Å². The van der Waals surface area contributed by atoms with Crippen LogP contribution in [-0.4, -0.2) is 17.8 Å². The van der Waals surface area contributed by atoms with Crippen LogP contribution in [0.5, 0.6) is 0 Å². The van der Waals surface area contributed by atoms with Crippen LogP contribution < -0.4 is 5.32 Å². The van der Waals surface area contributed by atoms with E-state index in [1.165, 1.54) is 0 Å². The number of halogens is 1. The van der Waals surface area contributed by atoms with E-state index in [1.54, 1.807) is 0 Å². The van der Waals surface area contributed by atoms with Crippen LogP contribution in [-0.2, 0) is 6.42 Å². The zero-order chi connectivity index (χ0) is 14.5. The van der Waals surface area contributed by atoms with Crippen molar-refractivity contribution in [2.24, 2.45) is 5.41 Å². The molecular formula is C16H24ClNO. The van der Waals surface area contributed by atoms with Crippen molar-refractivity contribution >= 4 is 17.5 Å². The summed E-state index contributed by atoms with van der Waals surface area (Å²) < 4.78 is 0. The lowest BCUT2D eigenvalue weighted by Crippen LogP contribution is -2.44. The fourth-order valence-corrected chi connectivity index (χ4v) is 2.34. The summed E-state index contributed by atoms with van der Waals surface area (Å²) in [4.78, 5) is 12.4. The fraction of sp³-hybridized carbons (Fsp3) is 0.562. The minimum atomic E-state index is 0.00231. The quantitative estimate of drug-likeness (QED) is 0.812.